The van der Waals surface area contributed by atoms with Crippen LogP contribution >= 0.6 is 11.6 Å². The predicted molar refractivity (Wildman–Crippen MR) is 103 cm³/mol. The molecule has 9 heteroatoms. The maximum atomic E-state index is 12.6. The average Bonchev–Trinajstić information content (AvgIpc) is 2.66. The van der Waals surface area contributed by atoms with Gasteiger partial charge in [-0.15, -0.1) is 0 Å². The molecule has 0 aromatic heterocycles. The normalized spacial score (nSPS) is 11.5. The quantitative estimate of drug-likeness (QED) is 0.480. The van der Waals surface area contributed by atoms with E-state index in [-0.39, 0.29) is 22.7 Å². The molecule has 1 amide bonds. The second kappa shape index (κ2) is 9.70. The number of rotatable bonds is 9. The highest BCUT2D eigenvalue weighted by Gasteiger charge is 2.22. The van der Waals surface area contributed by atoms with E-state index in [1.54, 1.807) is 24.3 Å². The molecule has 0 aliphatic rings. The summed E-state index contributed by atoms with van der Waals surface area (Å²) < 4.78 is 5.49. The molecule has 2 rings (SSSR count). The monoisotopic (exact) mass is 406 g/mol. The molecule has 0 aliphatic carbocycles. The topological polar surface area (TPSA) is 119 Å². The van der Waals surface area contributed by atoms with E-state index in [0.29, 0.717) is 17.9 Å². The van der Waals surface area contributed by atoms with Gasteiger partial charge < -0.3 is 15.2 Å². The number of non-ortho nitro benzene ring substituents is 1. The first-order chi connectivity index (χ1) is 13.3. The number of hydrogen-bond acceptors (Lipinski definition) is 5. The van der Waals surface area contributed by atoms with E-state index >= 15 is 0 Å². The SMILES string of the molecule is CCCOc1ccc([C@H](CC(=O)O)NC(=O)c2cc([N+](=O)[O-])ccc2Cl)cc1. The minimum atomic E-state index is -1.11. The van der Waals surface area contributed by atoms with Gasteiger partial charge in [0, 0.05) is 12.1 Å². The Morgan fingerprint density at radius 3 is 2.50 bits per heavy atom. The highest BCUT2D eigenvalue weighted by atomic mass is 35.5. The van der Waals surface area contributed by atoms with E-state index in [4.69, 9.17) is 16.3 Å². The molecule has 0 spiro atoms. The van der Waals surface area contributed by atoms with Crippen molar-refractivity contribution in [1.29, 1.82) is 0 Å². The van der Waals surface area contributed by atoms with Gasteiger partial charge in [-0.05, 0) is 30.2 Å². The zero-order chi connectivity index (χ0) is 20.7. The summed E-state index contributed by atoms with van der Waals surface area (Å²) in [4.78, 5) is 34.1. The number of aliphatic carboxylic acids is 1. The van der Waals surface area contributed by atoms with Crippen molar-refractivity contribution in [2.45, 2.75) is 25.8 Å². The largest absolute Gasteiger partial charge is 0.494 e. The Balaban J connectivity index is 2.24. The maximum Gasteiger partial charge on any atom is 0.305 e. The van der Waals surface area contributed by atoms with Gasteiger partial charge in [0.25, 0.3) is 11.6 Å². The van der Waals surface area contributed by atoms with Gasteiger partial charge >= 0.3 is 5.97 Å². The second-order valence-corrected chi connectivity index (χ2v) is 6.37. The van der Waals surface area contributed by atoms with E-state index < -0.39 is 22.8 Å². The van der Waals surface area contributed by atoms with Crippen LogP contribution in [0.25, 0.3) is 0 Å². The van der Waals surface area contributed by atoms with Crippen molar-refractivity contribution in [3.8, 4) is 5.75 Å². The molecule has 0 bridgehead atoms. The number of ether oxygens (including phenoxy) is 1. The lowest BCUT2D eigenvalue weighted by atomic mass is 10.0. The van der Waals surface area contributed by atoms with Crippen LogP contribution in [0.3, 0.4) is 0 Å². The zero-order valence-electron chi connectivity index (χ0n) is 15.1. The van der Waals surface area contributed by atoms with Crippen LogP contribution in [0.2, 0.25) is 5.02 Å². The van der Waals surface area contributed by atoms with Gasteiger partial charge in [-0.1, -0.05) is 30.7 Å². The summed E-state index contributed by atoms with van der Waals surface area (Å²) in [5.41, 5.74) is 0.164. The van der Waals surface area contributed by atoms with Crippen LogP contribution in [0.4, 0.5) is 5.69 Å². The van der Waals surface area contributed by atoms with Gasteiger partial charge in [0.15, 0.2) is 0 Å². The lowest BCUT2D eigenvalue weighted by Crippen LogP contribution is -2.30. The first-order valence-corrected chi connectivity index (χ1v) is 8.89. The summed E-state index contributed by atoms with van der Waals surface area (Å²) >= 11 is 5.98. The molecular formula is C19H19ClN2O6. The van der Waals surface area contributed by atoms with E-state index in [1.165, 1.54) is 12.1 Å². The Morgan fingerprint density at radius 1 is 1.25 bits per heavy atom. The third kappa shape index (κ3) is 5.68. The van der Waals surface area contributed by atoms with Gasteiger partial charge in [0.2, 0.25) is 0 Å². The molecule has 0 aliphatic heterocycles. The molecule has 1 atom stereocenters. The van der Waals surface area contributed by atoms with Gasteiger partial charge in [-0.25, -0.2) is 0 Å². The van der Waals surface area contributed by atoms with Crippen molar-refractivity contribution >= 4 is 29.2 Å². The molecule has 2 aromatic carbocycles. The maximum absolute atomic E-state index is 12.6. The molecular weight excluding hydrogens is 388 g/mol. The van der Waals surface area contributed by atoms with Crippen LogP contribution in [-0.2, 0) is 4.79 Å². The third-order valence-corrected chi connectivity index (χ3v) is 4.17. The Labute approximate surface area is 166 Å². The second-order valence-electron chi connectivity index (χ2n) is 5.96. The van der Waals surface area contributed by atoms with Crippen LogP contribution in [0.5, 0.6) is 5.75 Å². The first-order valence-electron chi connectivity index (χ1n) is 8.51. The summed E-state index contributed by atoms with van der Waals surface area (Å²) in [6.45, 7) is 2.53. The van der Waals surface area contributed by atoms with Crippen molar-refractivity contribution < 1.29 is 24.4 Å². The summed E-state index contributed by atoms with van der Waals surface area (Å²) in [6.07, 6.45) is 0.483. The number of halogens is 1. The van der Waals surface area contributed by atoms with Gasteiger partial charge in [0.05, 0.1) is 34.6 Å². The fourth-order valence-corrected chi connectivity index (χ4v) is 2.68. The Bertz CT molecular complexity index is 869. The van der Waals surface area contributed by atoms with Crippen molar-refractivity contribution in [2.75, 3.05) is 6.61 Å². The smallest absolute Gasteiger partial charge is 0.305 e. The van der Waals surface area contributed by atoms with Crippen molar-refractivity contribution in [3.63, 3.8) is 0 Å². The van der Waals surface area contributed by atoms with Crippen LogP contribution in [0, 0.1) is 10.1 Å². The Kier molecular flexibility index (Phi) is 7.34. The van der Waals surface area contributed by atoms with E-state index in [0.717, 1.165) is 12.5 Å². The molecule has 2 N–H and O–H groups in total. The number of benzene rings is 2. The lowest BCUT2D eigenvalue weighted by Gasteiger charge is -2.18. The molecule has 28 heavy (non-hydrogen) atoms. The molecule has 0 saturated carbocycles. The van der Waals surface area contributed by atoms with Crippen molar-refractivity contribution in [1.82, 2.24) is 5.32 Å². The zero-order valence-corrected chi connectivity index (χ0v) is 15.8. The highest BCUT2D eigenvalue weighted by molar-refractivity contribution is 6.34. The molecule has 0 unspecified atom stereocenters. The number of carboxylic acids is 1. The molecule has 8 nitrogen and oxygen atoms in total. The van der Waals surface area contributed by atoms with Crippen LogP contribution in [0.1, 0.15) is 41.7 Å². The molecule has 0 saturated heterocycles. The molecule has 0 fully saturated rings. The predicted octanol–water partition coefficient (Wildman–Crippen LogP) is 3.98. The fourth-order valence-electron chi connectivity index (χ4n) is 2.48. The Morgan fingerprint density at radius 2 is 1.93 bits per heavy atom. The van der Waals surface area contributed by atoms with Crippen molar-refractivity contribution in [2.24, 2.45) is 0 Å². The third-order valence-electron chi connectivity index (χ3n) is 3.84. The number of carbonyl (C=O) groups excluding carboxylic acids is 1. The number of nitro groups is 1. The number of nitrogens with one attached hydrogen (secondary N) is 1. The van der Waals surface area contributed by atoms with Crippen molar-refractivity contribution in [3.05, 3.63) is 68.7 Å². The molecule has 0 heterocycles. The highest BCUT2D eigenvalue weighted by Crippen LogP contribution is 2.25. The summed E-state index contributed by atoms with van der Waals surface area (Å²) in [6, 6.07) is 9.34. The molecule has 2 aromatic rings. The standard InChI is InChI=1S/C19H19ClN2O6/c1-2-9-28-14-6-3-12(4-7-14)17(11-18(23)24)21-19(25)15-10-13(22(26)27)5-8-16(15)20/h3-8,10,17H,2,9,11H2,1H3,(H,21,25)(H,23,24)/t17-/m0/s1. The summed E-state index contributed by atoms with van der Waals surface area (Å²) in [7, 11) is 0. The van der Waals surface area contributed by atoms with Crippen LogP contribution in [0.15, 0.2) is 42.5 Å². The van der Waals surface area contributed by atoms with E-state index in [2.05, 4.69) is 5.32 Å². The Hall–Kier alpha value is -3.13. The number of carbonyl (C=O) groups is 2. The summed E-state index contributed by atoms with van der Waals surface area (Å²) in [5.74, 6) is -1.18. The average molecular weight is 407 g/mol. The number of carboxylic acid groups (broad SMARTS) is 1. The van der Waals surface area contributed by atoms with Gasteiger partial charge in [-0.2, -0.15) is 0 Å². The van der Waals surface area contributed by atoms with Gasteiger partial charge in [0.1, 0.15) is 5.75 Å². The summed E-state index contributed by atoms with van der Waals surface area (Å²) in [5, 5.41) is 22.7. The number of nitro benzene ring substituents is 1. The first kappa shape index (κ1) is 21.2. The number of hydrogen-bond donors (Lipinski definition) is 2. The van der Waals surface area contributed by atoms with Crippen LogP contribution in [-0.4, -0.2) is 28.5 Å². The molecule has 148 valence electrons. The minimum absolute atomic E-state index is 0.0282. The number of amides is 1. The van der Waals surface area contributed by atoms with E-state index in [9.17, 15) is 24.8 Å². The minimum Gasteiger partial charge on any atom is -0.494 e. The van der Waals surface area contributed by atoms with E-state index in [1.807, 2.05) is 6.92 Å². The number of nitrogens with zero attached hydrogens (tertiary/aromatic N) is 1. The molecule has 0 radical (unpaired) electrons. The fraction of sp³-hybridized carbons (Fsp3) is 0.263. The van der Waals surface area contributed by atoms with Gasteiger partial charge in [-0.3, -0.25) is 19.7 Å². The van der Waals surface area contributed by atoms with Crippen LogP contribution < -0.4 is 10.1 Å². The lowest BCUT2D eigenvalue weighted by molar-refractivity contribution is -0.384.